The molecule has 6 nitrogen and oxygen atoms in total. The van der Waals surface area contributed by atoms with Crippen molar-refractivity contribution in [2.45, 2.75) is 20.3 Å². The summed E-state index contributed by atoms with van der Waals surface area (Å²) in [5.41, 5.74) is 5.23. The van der Waals surface area contributed by atoms with Gasteiger partial charge in [-0.1, -0.05) is 0 Å². The van der Waals surface area contributed by atoms with Crippen molar-refractivity contribution in [3.05, 3.63) is 57.7 Å². The van der Waals surface area contributed by atoms with Crippen LogP contribution < -0.4 is 5.56 Å². The van der Waals surface area contributed by atoms with Crippen LogP contribution in [-0.2, 0) is 6.42 Å². The Morgan fingerprint density at radius 1 is 1.15 bits per heavy atom. The van der Waals surface area contributed by atoms with Gasteiger partial charge in [0.05, 0.1) is 17.0 Å². The Labute approximate surface area is 115 Å². The van der Waals surface area contributed by atoms with Gasteiger partial charge in [-0.25, -0.2) is 0 Å². The molecule has 0 aromatic carbocycles. The Morgan fingerprint density at radius 2 is 1.95 bits per heavy atom. The first-order valence-corrected chi connectivity index (χ1v) is 6.36. The first-order valence-electron chi connectivity index (χ1n) is 6.36. The predicted octanol–water partition coefficient (Wildman–Crippen LogP) is 1.70. The van der Waals surface area contributed by atoms with E-state index in [0.717, 1.165) is 11.4 Å². The molecule has 0 aliphatic carbocycles. The Hall–Kier alpha value is -2.63. The molecule has 0 aliphatic heterocycles. The third-order valence-corrected chi connectivity index (χ3v) is 3.53. The highest BCUT2D eigenvalue weighted by atomic mass is 16.1. The van der Waals surface area contributed by atoms with Gasteiger partial charge in [-0.2, -0.15) is 0 Å². The molecule has 0 unspecified atom stereocenters. The Kier molecular flexibility index (Phi) is 2.98. The molecule has 6 heteroatoms. The maximum absolute atomic E-state index is 11.7. The summed E-state index contributed by atoms with van der Waals surface area (Å²) >= 11 is 0. The van der Waals surface area contributed by atoms with Crippen molar-refractivity contribution in [1.29, 1.82) is 0 Å². The lowest BCUT2D eigenvalue weighted by molar-refractivity contribution is 0.993. The number of aromatic nitrogens is 5. The first-order chi connectivity index (χ1) is 9.66. The van der Waals surface area contributed by atoms with E-state index < -0.39 is 0 Å². The van der Waals surface area contributed by atoms with E-state index in [9.17, 15) is 4.79 Å². The number of aryl methyl sites for hydroxylation is 1. The van der Waals surface area contributed by atoms with E-state index >= 15 is 0 Å². The quantitative estimate of drug-likeness (QED) is 0.676. The molecule has 20 heavy (non-hydrogen) atoms. The molecular weight excluding hydrogens is 254 g/mol. The van der Waals surface area contributed by atoms with Gasteiger partial charge in [0, 0.05) is 36.9 Å². The number of H-pyrrole nitrogens is 3. The van der Waals surface area contributed by atoms with Crippen LogP contribution in [0.25, 0.3) is 11.3 Å². The van der Waals surface area contributed by atoms with Gasteiger partial charge in [0.1, 0.15) is 0 Å². The Morgan fingerprint density at radius 3 is 2.60 bits per heavy atom. The average molecular weight is 269 g/mol. The minimum atomic E-state index is -0.189. The molecule has 3 heterocycles. The summed E-state index contributed by atoms with van der Waals surface area (Å²) in [6.07, 6.45) is 7.45. The van der Waals surface area contributed by atoms with Gasteiger partial charge >= 0.3 is 0 Å². The summed E-state index contributed by atoms with van der Waals surface area (Å²) < 4.78 is 0. The van der Waals surface area contributed by atoms with Gasteiger partial charge in [-0.15, -0.1) is 0 Å². The van der Waals surface area contributed by atoms with E-state index in [-0.39, 0.29) is 5.56 Å². The van der Waals surface area contributed by atoms with Gasteiger partial charge < -0.3 is 10.1 Å². The maximum atomic E-state index is 11.7. The molecule has 0 fully saturated rings. The number of aromatic amines is 3. The second-order valence-corrected chi connectivity index (χ2v) is 4.76. The minimum absolute atomic E-state index is 0.189. The SMILES string of the molecule is Cc1c[nH]c(Cc2nccnc2-c2c[nH][nH]c2=O)c1C. The molecule has 102 valence electrons. The van der Waals surface area contributed by atoms with Gasteiger partial charge in [-0.3, -0.25) is 19.9 Å². The van der Waals surface area contributed by atoms with E-state index in [1.54, 1.807) is 18.6 Å². The summed E-state index contributed by atoms with van der Waals surface area (Å²) in [6, 6.07) is 0. The molecular formula is C14H15N5O. The lowest BCUT2D eigenvalue weighted by Crippen LogP contribution is -2.06. The van der Waals surface area contributed by atoms with Crippen molar-refractivity contribution in [3.8, 4) is 11.3 Å². The van der Waals surface area contributed by atoms with Crippen LogP contribution in [0.4, 0.5) is 0 Å². The third-order valence-electron chi connectivity index (χ3n) is 3.53. The fourth-order valence-electron chi connectivity index (χ4n) is 2.20. The lowest BCUT2D eigenvalue weighted by Gasteiger charge is -2.05. The van der Waals surface area contributed by atoms with Crippen LogP contribution in [0.2, 0.25) is 0 Å². The Bertz CT molecular complexity index is 796. The Balaban J connectivity index is 2.05. The van der Waals surface area contributed by atoms with Crippen LogP contribution in [0, 0.1) is 13.8 Å². The van der Waals surface area contributed by atoms with Crippen LogP contribution in [0.5, 0.6) is 0 Å². The largest absolute Gasteiger partial charge is 0.364 e. The summed E-state index contributed by atoms with van der Waals surface area (Å²) in [4.78, 5) is 23.7. The van der Waals surface area contributed by atoms with Crippen LogP contribution in [0.1, 0.15) is 22.5 Å². The summed E-state index contributed by atoms with van der Waals surface area (Å²) in [7, 11) is 0. The number of nitrogens with one attached hydrogen (secondary N) is 3. The standard InChI is InChI=1S/C14H15N5O/c1-8-6-17-11(9(8)2)5-12-13(16-4-3-15-12)10-7-18-19-14(10)20/h3-4,6-7,17H,5H2,1-2H3,(H2,18,19,20). The topological polar surface area (TPSA) is 90.2 Å². The van der Waals surface area contributed by atoms with Crippen molar-refractivity contribution in [1.82, 2.24) is 25.1 Å². The van der Waals surface area contributed by atoms with E-state index in [4.69, 9.17) is 0 Å². The molecule has 0 bridgehead atoms. The second kappa shape index (κ2) is 4.80. The molecule has 0 aliphatic rings. The molecule has 3 aromatic rings. The van der Waals surface area contributed by atoms with Crippen molar-refractivity contribution in [3.63, 3.8) is 0 Å². The highest BCUT2D eigenvalue weighted by Crippen LogP contribution is 2.20. The van der Waals surface area contributed by atoms with Gasteiger partial charge in [0.15, 0.2) is 0 Å². The fourth-order valence-corrected chi connectivity index (χ4v) is 2.20. The highest BCUT2D eigenvalue weighted by molar-refractivity contribution is 5.59. The summed E-state index contributed by atoms with van der Waals surface area (Å²) in [6.45, 7) is 4.13. The first kappa shape index (κ1) is 12.4. The zero-order valence-electron chi connectivity index (χ0n) is 11.3. The molecule has 0 atom stereocenters. The zero-order valence-corrected chi connectivity index (χ0v) is 11.3. The average Bonchev–Trinajstić information content (AvgIpc) is 3.00. The molecule has 3 N–H and O–H groups in total. The van der Waals surface area contributed by atoms with Crippen LogP contribution in [0.3, 0.4) is 0 Å². The normalized spacial score (nSPS) is 10.9. The van der Waals surface area contributed by atoms with Crippen molar-refractivity contribution in [2.75, 3.05) is 0 Å². The second-order valence-electron chi connectivity index (χ2n) is 4.76. The highest BCUT2D eigenvalue weighted by Gasteiger charge is 2.14. The molecule has 3 aromatic heterocycles. The monoisotopic (exact) mass is 269 g/mol. The number of rotatable bonds is 3. The van der Waals surface area contributed by atoms with Crippen molar-refractivity contribution < 1.29 is 0 Å². The van der Waals surface area contributed by atoms with E-state index in [1.165, 1.54) is 11.1 Å². The molecule has 0 radical (unpaired) electrons. The molecule has 0 saturated carbocycles. The summed E-state index contributed by atoms with van der Waals surface area (Å²) in [5.74, 6) is 0. The summed E-state index contributed by atoms with van der Waals surface area (Å²) in [5, 5.41) is 5.21. The van der Waals surface area contributed by atoms with Crippen molar-refractivity contribution >= 4 is 0 Å². The van der Waals surface area contributed by atoms with Crippen LogP contribution >= 0.6 is 0 Å². The molecule has 0 saturated heterocycles. The predicted molar refractivity (Wildman–Crippen MR) is 75.5 cm³/mol. The molecule has 3 rings (SSSR count). The van der Waals surface area contributed by atoms with Gasteiger partial charge in [0.2, 0.25) is 0 Å². The minimum Gasteiger partial charge on any atom is -0.364 e. The van der Waals surface area contributed by atoms with Crippen molar-refractivity contribution in [2.24, 2.45) is 0 Å². The van der Waals surface area contributed by atoms with E-state index in [1.807, 2.05) is 6.20 Å². The van der Waals surface area contributed by atoms with E-state index in [2.05, 4.69) is 39.0 Å². The third kappa shape index (κ3) is 2.05. The van der Waals surface area contributed by atoms with E-state index in [0.29, 0.717) is 17.7 Å². The van der Waals surface area contributed by atoms with Crippen LogP contribution in [-0.4, -0.2) is 25.1 Å². The molecule has 0 spiro atoms. The maximum Gasteiger partial charge on any atom is 0.273 e. The van der Waals surface area contributed by atoms with Crippen LogP contribution in [0.15, 0.2) is 29.6 Å². The lowest BCUT2D eigenvalue weighted by atomic mass is 10.1. The number of hydrogen-bond donors (Lipinski definition) is 3. The van der Waals surface area contributed by atoms with Gasteiger partial charge in [-0.05, 0) is 25.0 Å². The smallest absolute Gasteiger partial charge is 0.273 e. The zero-order chi connectivity index (χ0) is 14.1. The molecule has 0 amide bonds. The number of nitrogens with zero attached hydrogens (tertiary/aromatic N) is 2. The van der Waals surface area contributed by atoms with Gasteiger partial charge in [0.25, 0.3) is 5.56 Å². The number of hydrogen-bond acceptors (Lipinski definition) is 3. The fraction of sp³-hybridized carbons (Fsp3) is 0.214.